The molecule has 2 heterocycles. The summed E-state index contributed by atoms with van der Waals surface area (Å²) in [7, 11) is 0. The largest absolute Gasteiger partial charge is 0.272 e. The number of pyridine rings is 1. The standard InChI is InChI=1S/C14H17N3/c1-11-14(7-13-3-2-6-15-8-13)10-17(16-11)9-12-4-5-12/h2-3,6,8,10,12H,4-5,7,9H2,1H3. The van der Waals surface area contributed by atoms with Gasteiger partial charge < -0.3 is 0 Å². The summed E-state index contributed by atoms with van der Waals surface area (Å²) < 4.78 is 2.11. The van der Waals surface area contributed by atoms with E-state index in [9.17, 15) is 0 Å². The minimum atomic E-state index is 0.876. The first-order valence-corrected chi connectivity index (χ1v) is 6.23. The maximum absolute atomic E-state index is 4.58. The van der Waals surface area contributed by atoms with Crippen molar-refractivity contribution in [3.63, 3.8) is 0 Å². The van der Waals surface area contributed by atoms with E-state index < -0.39 is 0 Å². The Kier molecular flexibility index (Phi) is 2.67. The molecule has 1 aliphatic rings. The molecule has 3 nitrogen and oxygen atoms in total. The second-order valence-electron chi connectivity index (χ2n) is 4.94. The molecule has 0 N–H and O–H groups in total. The molecule has 1 aliphatic carbocycles. The van der Waals surface area contributed by atoms with Crippen LogP contribution in [0, 0.1) is 12.8 Å². The number of aromatic nitrogens is 3. The maximum atomic E-state index is 4.58. The normalized spacial score (nSPS) is 15.1. The molecule has 0 aromatic carbocycles. The molecule has 0 saturated heterocycles. The first-order chi connectivity index (χ1) is 8.31. The van der Waals surface area contributed by atoms with Crippen LogP contribution in [0.25, 0.3) is 0 Å². The van der Waals surface area contributed by atoms with Crippen molar-refractivity contribution in [1.29, 1.82) is 0 Å². The van der Waals surface area contributed by atoms with Gasteiger partial charge >= 0.3 is 0 Å². The molecule has 17 heavy (non-hydrogen) atoms. The highest BCUT2D eigenvalue weighted by Gasteiger charge is 2.22. The molecule has 0 spiro atoms. The number of nitrogens with zero attached hydrogens (tertiary/aromatic N) is 3. The van der Waals surface area contributed by atoms with E-state index in [0.29, 0.717) is 0 Å². The summed E-state index contributed by atoms with van der Waals surface area (Å²) in [5.74, 6) is 0.876. The molecule has 0 unspecified atom stereocenters. The molecule has 0 radical (unpaired) electrons. The van der Waals surface area contributed by atoms with Crippen molar-refractivity contribution >= 4 is 0 Å². The van der Waals surface area contributed by atoms with Crippen LogP contribution in [0.5, 0.6) is 0 Å². The van der Waals surface area contributed by atoms with Gasteiger partial charge in [-0.15, -0.1) is 0 Å². The molecule has 3 heteroatoms. The molecule has 1 saturated carbocycles. The topological polar surface area (TPSA) is 30.7 Å². The van der Waals surface area contributed by atoms with E-state index in [1.807, 2.05) is 18.5 Å². The third-order valence-electron chi connectivity index (χ3n) is 3.31. The molecular formula is C14H17N3. The third kappa shape index (κ3) is 2.54. The van der Waals surface area contributed by atoms with Crippen LogP contribution in [0.4, 0.5) is 0 Å². The van der Waals surface area contributed by atoms with Gasteiger partial charge in [0.2, 0.25) is 0 Å². The lowest BCUT2D eigenvalue weighted by Crippen LogP contribution is -1.99. The highest BCUT2D eigenvalue weighted by atomic mass is 15.3. The lowest BCUT2D eigenvalue weighted by molar-refractivity contribution is 0.559. The van der Waals surface area contributed by atoms with Gasteiger partial charge in [-0.05, 0) is 42.9 Å². The second-order valence-corrected chi connectivity index (χ2v) is 4.94. The Morgan fingerprint density at radius 1 is 1.41 bits per heavy atom. The zero-order chi connectivity index (χ0) is 11.7. The molecule has 0 amide bonds. The molecular weight excluding hydrogens is 210 g/mol. The van der Waals surface area contributed by atoms with E-state index in [-0.39, 0.29) is 0 Å². The van der Waals surface area contributed by atoms with E-state index in [1.54, 1.807) is 0 Å². The first kappa shape index (κ1) is 10.5. The third-order valence-corrected chi connectivity index (χ3v) is 3.31. The van der Waals surface area contributed by atoms with E-state index in [0.717, 1.165) is 24.6 Å². The SMILES string of the molecule is Cc1nn(CC2CC2)cc1Cc1cccnc1. The Bertz CT molecular complexity index is 497. The lowest BCUT2D eigenvalue weighted by atomic mass is 10.1. The first-order valence-electron chi connectivity index (χ1n) is 6.23. The smallest absolute Gasteiger partial charge is 0.0629 e. The zero-order valence-corrected chi connectivity index (χ0v) is 10.1. The van der Waals surface area contributed by atoms with Gasteiger partial charge in [-0.3, -0.25) is 9.67 Å². The van der Waals surface area contributed by atoms with Gasteiger partial charge in [0.15, 0.2) is 0 Å². The Labute approximate surface area is 101 Å². The Morgan fingerprint density at radius 3 is 3.00 bits per heavy atom. The van der Waals surface area contributed by atoms with Crippen LogP contribution >= 0.6 is 0 Å². The van der Waals surface area contributed by atoms with Crippen LogP contribution in [0.15, 0.2) is 30.7 Å². The molecule has 2 aromatic rings. The second kappa shape index (κ2) is 4.32. The van der Waals surface area contributed by atoms with Crippen molar-refractivity contribution in [2.75, 3.05) is 0 Å². The van der Waals surface area contributed by atoms with Crippen molar-refractivity contribution < 1.29 is 0 Å². The molecule has 2 aromatic heterocycles. The number of rotatable bonds is 4. The fourth-order valence-corrected chi connectivity index (χ4v) is 2.11. The van der Waals surface area contributed by atoms with Crippen molar-refractivity contribution in [2.24, 2.45) is 5.92 Å². The summed E-state index contributed by atoms with van der Waals surface area (Å²) in [5, 5.41) is 4.58. The summed E-state index contributed by atoms with van der Waals surface area (Å²) in [6.45, 7) is 3.18. The van der Waals surface area contributed by atoms with Crippen LogP contribution in [0.3, 0.4) is 0 Å². The van der Waals surface area contributed by atoms with Crippen LogP contribution in [-0.4, -0.2) is 14.8 Å². The predicted molar refractivity (Wildman–Crippen MR) is 66.7 cm³/mol. The van der Waals surface area contributed by atoms with Gasteiger partial charge in [0.05, 0.1) is 5.69 Å². The molecule has 0 atom stereocenters. The van der Waals surface area contributed by atoms with E-state index in [1.165, 1.54) is 24.0 Å². The van der Waals surface area contributed by atoms with Gasteiger partial charge in [-0.25, -0.2) is 0 Å². The summed E-state index contributed by atoms with van der Waals surface area (Å²) in [6, 6.07) is 4.10. The molecule has 0 bridgehead atoms. The Hall–Kier alpha value is -1.64. The van der Waals surface area contributed by atoms with E-state index in [2.05, 4.69) is 34.0 Å². The quantitative estimate of drug-likeness (QED) is 0.803. The van der Waals surface area contributed by atoms with Crippen molar-refractivity contribution in [1.82, 2.24) is 14.8 Å². The average Bonchev–Trinajstić information content (AvgIpc) is 3.07. The van der Waals surface area contributed by atoms with Crippen molar-refractivity contribution in [2.45, 2.75) is 32.7 Å². The summed E-state index contributed by atoms with van der Waals surface area (Å²) in [5.41, 5.74) is 3.72. The number of aryl methyl sites for hydroxylation is 1. The highest BCUT2D eigenvalue weighted by Crippen LogP contribution is 2.30. The van der Waals surface area contributed by atoms with E-state index >= 15 is 0 Å². The highest BCUT2D eigenvalue weighted by molar-refractivity contribution is 5.24. The van der Waals surface area contributed by atoms with Crippen LogP contribution in [0.2, 0.25) is 0 Å². The van der Waals surface area contributed by atoms with Crippen LogP contribution < -0.4 is 0 Å². The zero-order valence-electron chi connectivity index (χ0n) is 10.1. The maximum Gasteiger partial charge on any atom is 0.0629 e. The fraction of sp³-hybridized carbons (Fsp3) is 0.429. The van der Waals surface area contributed by atoms with Crippen LogP contribution in [0.1, 0.15) is 29.7 Å². The average molecular weight is 227 g/mol. The molecule has 3 rings (SSSR count). The minimum absolute atomic E-state index is 0.876. The Morgan fingerprint density at radius 2 is 2.29 bits per heavy atom. The van der Waals surface area contributed by atoms with Gasteiger partial charge in [0.1, 0.15) is 0 Å². The fourth-order valence-electron chi connectivity index (χ4n) is 2.11. The number of hydrogen-bond donors (Lipinski definition) is 0. The Balaban J connectivity index is 1.75. The lowest BCUT2D eigenvalue weighted by Gasteiger charge is -1.98. The van der Waals surface area contributed by atoms with Crippen LogP contribution in [-0.2, 0) is 13.0 Å². The molecule has 88 valence electrons. The van der Waals surface area contributed by atoms with Crippen molar-refractivity contribution in [3.05, 3.63) is 47.5 Å². The summed E-state index contributed by atoms with van der Waals surface area (Å²) in [4.78, 5) is 4.15. The van der Waals surface area contributed by atoms with Gasteiger partial charge in [0, 0.05) is 31.6 Å². The van der Waals surface area contributed by atoms with E-state index in [4.69, 9.17) is 0 Å². The molecule has 0 aliphatic heterocycles. The minimum Gasteiger partial charge on any atom is -0.272 e. The van der Waals surface area contributed by atoms with Gasteiger partial charge in [-0.2, -0.15) is 5.10 Å². The van der Waals surface area contributed by atoms with Gasteiger partial charge in [0.25, 0.3) is 0 Å². The summed E-state index contributed by atoms with van der Waals surface area (Å²) >= 11 is 0. The monoisotopic (exact) mass is 227 g/mol. The number of hydrogen-bond acceptors (Lipinski definition) is 2. The summed E-state index contributed by atoms with van der Waals surface area (Å²) in [6.07, 6.45) is 9.61. The predicted octanol–water partition coefficient (Wildman–Crippen LogP) is 2.59. The van der Waals surface area contributed by atoms with Crippen molar-refractivity contribution in [3.8, 4) is 0 Å². The molecule has 1 fully saturated rings. The van der Waals surface area contributed by atoms with Gasteiger partial charge in [-0.1, -0.05) is 6.07 Å².